The molecule has 2 heterocycles. The predicted molar refractivity (Wildman–Crippen MR) is 52.6 cm³/mol. The van der Waals surface area contributed by atoms with Crippen molar-refractivity contribution in [3.63, 3.8) is 0 Å². The van der Waals surface area contributed by atoms with Gasteiger partial charge in [-0.25, -0.2) is 4.98 Å². The van der Waals surface area contributed by atoms with Crippen molar-refractivity contribution in [1.82, 2.24) is 20.4 Å². The van der Waals surface area contributed by atoms with Crippen LogP contribution in [-0.4, -0.2) is 26.1 Å². The van der Waals surface area contributed by atoms with Crippen molar-refractivity contribution >= 4 is 22.9 Å². The molecule has 2 aromatic heterocycles. The van der Waals surface area contributed by atoms with E-state index < -0.39 is 0 Å². The van der Waals surface area contributed by atoms with Crippen LogP contribution in [0.25, 0.3) is 11.2 Å². The highest BCUT2D eigenvalue weighted by Crippen LogP contribution is 2.17. The summed E-state index contributed by atoms with van der Waals surface area (Å²) in [5, 5.41) is 11.3. The van der Waals surface area contributed by atoms with Gasteiger partial charge in [0.1, 0.15) is 5.52 Å². The Hall–Kier alpha value is -1.36. The fourth-order valence-corrected chi connectivity index (χ4v) is 1.55. The number of nitrogens with one attached hydrogen (secondary N) is 1. The summed E-state index contributed by atoms with van der Waals surface area (Å²) in [6, 6.07) is 3.83. The molecule has 0 fully saturated rings. The Labute approximate surface area is 79.4 Å². The van der Waals surface area contributed by atoms with E-state index in [-0.39, 0.29) is 0 Å². The number of aromatic amines is 1. The van der Waals surface area contributed by atoms with E-state index in [1.165, 1.54) is 0 Å². The average molecular weight is 192 g/mol. The van der Waals surface area contributed by atoms with Crippen molar-refractivity contribution in [2.24, 2.45) is 0 Å². The summed E-state index contributed by atoms with van der Waals surface area (Å²) in [4.78, 5) is 4.28. The number of H-pyrrole nitrogens is 1. The molecule has 4 nitrogen and oxygen atoms in total. The zero-order chi connectivity index (χ0) is 9.10. The van der Waals surface area contributed by atoms with Crippen LogP contribution in [0.3, 0.4) is 0 Å². The molecule has 2 aromatic rings. The normalized spacial score (nSPS) is 10.5. The summed E-state index contributed by atoms with van der Waals surface area (Å²) in [7, 11) is 0. The number of hydrogen-bond acceptors (Lipinski definition) is 4. The molecule has 0 spiro atoms. The molecular formula is C8H8N4S. The van der Waals surface area contributed by atoms with Gasteiger partial charge in [0.15, 0.2) is 0 Å². The Morgan fingerprint density at radius 2 is 2.38 bits per heavy atom. The molecule has 0 aromatic carbocycles. The predicted octanol–water partition coefficient (Wildman–Crippen LogP) is 1.63. The SMILES string of the molecule is C=CCSc1ccc2n[nH]nc2n1. The Bertz CT molecular complexity index is 423. The van der Waals surface area contributed by atoms with Crippen LogP contribution in [0.5, 0.6) is 0 Å². The van der Waals surface area contributed by atoms with Crippen molar-refractivity contribution in [2.75, 3.05) is 5.75 Å². The molecule has 0 radical (unpaired) electrons. The van der Waals surface area contributed by atoms with Gasteiger partial charge in [0.25, 0.3) is 0 Å². The van der Waals surface area contributed by atoms with Crippen molar-refractivity contribution < 1.29 is 0 Å². The number of fused-ring (bicyclic) bond motifs is 1. The molecule has 0 aliphatic rings. The Kier molecular flexibility index (Phi) is 2.27. The quantitative estimate of drug-likeness (QED) is 0.593. The molecule has 2 rings (SSSR count). The van der Waals surface area contributed by atoms with Crippen molar-refractivity contribution in [3.8, 4) is 0 Å². The van der Waals surface area contributed by atoms with Crippen LogP contribution in [-0.2, 0) is 0 Å². The monoisotopic (exact) mass is 192 g/mol. The first-order valence-electron chi connectivity index (χ1n) is 3.81. The van der Waals surface area contributed by atoms with Crippen LogP contribution in [0.1, 0.15) is 0 Å². The zero-order valence-corrected chi connectivity index (χ0v) is 7.71. The van der Waals surface area contributed by atoms with Gasteiger partial charge in [0, 0.05) is 5.75 Å². The van der Waals surface area contributed by atoms with E-state index in [4.69, 9.17) is 0 Å². The summed E-state index contributed by atoms with van der Waals surface area (Å²) in [6.45, 7) is 3.65. The van der Waals surface area contributed by atoms with Crippen LogP contribution in [0.4, 0.5) is 0 Å². The van der Waals surface area contributed by atoms with Gasteiger partial charge in [-0.05, 0) is 12.1 Å². The van der Waals surface area contributed by atoms with E-state index in [9.17, 15) is 0 Å². The second kappa shape index (κ2) is 3.57. The minimum Gasteiger partial charge on any atom is -0.219 e. The number of thioether (sulfide) groups is 1. The van der Waals surface area contributed by atoms with E-state index in [2.05, 4.69) is 27.0 Å². The molecule has 0 saturated carbocycles. The van der Waals surface area contributed by atoms with Gasteiger partial charge < -0.3 is 0 Å². The maximum atomic E-state index is 4.28. The van der Waals surface area contributed by atoms with E-state index in [1.54, 1.807) is 11.8 Å². The van der Waals surface area contributed by atoms with Crippen molar-refractivity contribution in [3.05, 3.63) is 24.8 Å². The second-order valence-corrected chi connectivity index (χ2v) is 3.46. The molecule has 0 aliphatic carbocycles. The molecule has 13 heavy (non-hydrogen) atoms. The standard InChI is InChI=1S/C8H8N4S/c1-2-5-13-7-4-3-6-8(9-7)11-12-10-6/h2-4H,1,5H2,(H,9,10,11,12). The molecule has 1 N–H and O–H groups in total. The zero-order valence-electron chi connectivity index (χ0n) is 6.90. The topological polar surface area (TPSA) is 54.5 Å². The first kappa shape index (κ1) is 8.25. The Balaban J connectivity index is 2.31. The minimum absolute atomic E-state index is 0.661. The first-order valence-corrected chi connectivity index (χ1v) is 4.80. The lowest BCUT2D eigenvalue weighted by Crippen LogP contribution is -1.82. The van der Waals surface area contributed by atoms with Gasteiger partial charge in [-0.15, -0.1) is 23.4 Å². The molecule has 0 amide bonds. The maximum Gasteiger partial charge on any atom is 0.202 e. The first-order chi connectivity index (χ1) is 6.40. The van der Waals surface area contributed by atoms with Gasteiger partial charge in [-0.1, -0.05) is 6.08 Å². The smallest absolute Gasteiger partial charge is 0.202 e. The van der Waals surface area contributed by atoms with Gasteiger partial charge >= 0.3 is 0 Å². The maximum absolute atomic E-state index is 4.28. The van der Waals surface area contributed by atoms with Crippen LogP contribution < -0.4 is 0 Å². The summed E-state index contributed by atoms with van der Waals surface area (Å²) < 4.78 is 0. The Morgan fingerprint density at radius 3 is 3.23 bits per heavy atom. The fourth-order valence-electron chi connectivity index (χ4n) is 0.944. The molecule has 0 aliphatic heterocycles. The van der Waals surface area contributed by atoms with Gasteiger partial charge in [-0.2, -0.15) is 10.3 Å². The largest absolute Gasteiger partial charge is 0.219 e. The van der Waals surface area contributed by atoms with Crippen LogP contribution >= 0.6 is 11.8 Å². The molecule has 0 saturated heterocycles. The lowest BCUT2D eigenvalue weighted by molar-refractivity contribution is 0.951. The summed E-state index contributed by atoms with van der Waals surface area (Å²) >= 11 is 1.63. The van der Waals surface area contributed by atoms with Gasteiger partial charge in [0.05, 0.1) is 5.03 Å². The lowest BCUT2D eigenvalue weighted by Gasteiger charge is -1.94. The van der Waals surface area contributed by atoms with Gasteiger partial charge in [0.2, 0.25) is 5.65 Å². The minimum atomic E-state index is 0.661. The highest BCUT2D eigenvalue weighted by molar-refractivity contribution is 7.99. The van der Waals surface area contributed by atoms with Gasteiger partial charge in [-0.3, -0.25) is 0 Å². The molecule has 0 atom stereocenters. The molecule has 0 bridgehead atoms. The molecule has 0 unspecified atom stereocenters. The third-order valence-corrected chi connectivity index (χ3v) is 2.43. The molecular weight excluding hydrogens is 184 g/mol. The van der Waals surface area contributed by atoms with E-state index in [1.807, 2.05) is 18.2 Å². The van der Waals surface area contributed by atoms with Crippen molar-refractivity contribution in [2.45, 2.75) is 5.03 Å². The molecule has 66 valence electrons. The Morgan fingerprint density at radius 1 is 1.46 bits per heavy atom. The summed E-state index contributed by atoms with van der Waals surface area (Å²) in [5.74, 6) is 0.857. The average Bonchev–Trinajstić information content (AvgIpc) is 2.61. The summed E-state index contributed by atoms with van der Waals surface area (Å²) in [6.07, 6.45) is 1.85. The second-order valence-electron chi connectivity index (χ2n) is 2.42. The number of aromatic nitrogens is 4. The number of nitrogens with zero attached hydrogens (tertiary/aromatic N) is 3. The van der Waals surface area contributed by atoms with E-state index >= 15 is 0 Å². The van der Waals surface area contributed by atoms with Crippen LogP contribution in [0.2, 0.25) is 0 Å². The van der Waals surface area contributed by atoms with E-state index in [0.29, 0.717) is 5.65 Å². The molecule has 5 heteroatoms. The number of rotatable bonds is 3. The lowest BCUT2D eigenvalue weighted by atomic mass is 10.4. The fraction of sp³-hybridized carbons (Fsp3) is 0.125. The van der Waals surface area contributed by atoms with E-state index in [0.717, 1.165) is 16.3 Å². The third-order valence-electron chi connectivity index (χ3n) is 1.50. The van der Waals surface area contributed by atoms with Crippen LogP contribution in [0, 0.1) is 0 Å². The van der Waals surface area contributed by atoms with Crippen LogP contribution in [0.15, 0.2) is 29.8 Å². The summed E-state index contributed by atoms with van der Waals surface area (Å²) in [5.41, 5.74) is 1.46. The number of hydrogen-bond donors (Lipinski definition) is 1. The number of pyridine rings is 1. The highest BCUT2D eigenvalue weighted by Gasteiger charge is 2.00. The van der Waals surface area contributed by atoms with Crippen molar-refractivity contribution in [1.29, 1.82) is 0 Å². The third kappa shape index (κ3) is 1.70. The highest BCUT2D eigenvalue weighted by atomic mass is 32.2.